The number of hydrogen-bond acceptors (Lipinski definition) is 2. The standard InChI is InChI=1S/C16H23NO3Si/c1-16(2,20)14(17-15(18)19)13-8-6-12(7-9-13)10-11-21(3,4)5/h6-9,14,17,20H,1-5H3,(H,18,19). The van der Waals surface area contributed by atoms with Crippen molar-refractivity contribution in [2.24, 2.45) is 0 Å². The van der Waals surface area contributed by atoms with Gasteiger partial charge in [-0.1, -0.05) is 37.7 Å². The smallest absolute Gasteiger partial charge is 0.405 e. The summed E-state index contributed by atoms with van der Waals surface area (Å²) in [7, 11) is -1.42. The number of rotatable bonds is 3. The monoisotopic (exact) mass is 305 g/mol. The normalized spacial score (nSPS) is 13.0. The van der Waals surface area contributed by atoms with Crippen molar-refractivity contribution in [3.63, 3.8) is 0 Å². The molecule has 114 valence electrons. The second kappa shape index (κ2) is 6.33. The summed E-state index contributed by atoms with van der Waals surface area (Å²) >= 11 is 0. The molecule has 0 aliphatic carbocycles. The molecule has 0 heterocycles. The van der Waals surface area contributed by atoms with Crippen LogP contribution in [0.3, 0.4) is 0 Å². The molecular formula is C16H23NO3Si. The van der Waals surface area contributed by atoms with Gasteiger partial charge in [0.1, 0.15) is 8.07 Å². The topological polar surface area (TPSA) is 69.6 Å². The summed E-state index contributed by atoms with van der Waals surface area (Å²) < 4.78 is 0. The van der Waals surface area contributed by atoms with E-state index in [9.17, 15) is 9.90 Å². The Bertz CT molecular complexity index is 556. The van der Waals surface area contributed by atoms with Crippen LogP contribution in [0.5, 0.6) is 0 Å². The zero-order valence-corrected chi connectivity index (χ0v) is 14.2. The number of carbonyl (C=O) groups is 1. The minimum Gasteiger partial charge on any atom is -0.465 e. The third-order valence-electron chi connectivity index (χ3n) is 2.80. The maximum absolute atomic E-state index is 10.9. The van der Waals surface area contributed by atoms with E-state index in [2.05, 4.69) is 36.4 Å². The molecule has 4 nitrogen and oxygen atoms in total. The van der Waals surface area contributed by atoms with Crippen LogP contribution in [0.2, 0.25) is 19.6 Å². The lowest BCUT2D eigenvalue weighted by atomic mass is 9.91. The highest BCUT2D eigenvalue weighted by atomic mass is 28.3. The lowest BCUT2D eigenvalue weighted by Gasteiger charge is -2.29. The van der Waals surface area contributed by atoms with Crippen molar-refractivity contribution < 1.29 is 15.0 Å². The molecule has 0 aliphatic rings. The predicted octanol–water partition coefficient (Wildman–Crippen LogP) is 3.00. The highest BCUT2D eigenvalue weighted by Crippen LogP contribution is 2.25. The third kappa shape index (κ3) is 6.02. The molecule has 0 saturated carbocycles. The first-order chi connectivity index (χ1) is 9.49. The fraction of sp³-hybridized carbons (Fsp3) is 0.438. The molecule has 1 aromatic rings. The molecule has 21 heavy (non-hydrogen) atoms. The van der Waals surface area contributed by atoms with Gasteiger partial charge in [-0.05, 0) is 31.5 Å². The summed E-state index contributed by atoms with van der Waals surface area (Å²) in [4.78, 5) is 10.9. The van der Waals surface area contributed by atoms with Crippen LogP contribution in [0.1, 0.15) is 31.0 Å². The van der Waals surface area contributed by atoms with E-state index in [0.717, 1.165) is 5.56 Å². The number of amides is 1. The molecule has 1 unspecified atom stereocenters. The molecule has 1 amide bonds. The van der Waals surface area contributed by atoms with Crippen molar-refractivity contribution >= 4 is 14.2 Å². The van der Waals surface area contributed by atoms with Crippen molar-refractivity contribution in [1.29, 1.82) is 0 Å². The largest absolute Gasteiger partial charge is 0.465 e. The Labute approximate surface area is 127 Å². The number of carboxylic acid groups (broad SMARTS) is 1. The van der Waals surface area contributed by atoms with Crippen LogP contribution in [0.25, 0.3) is 0 Å². The summed E-state index contributed by atoms with van der Waals surface area (Å²) in [6.07, 6.45) is -1.16. The van der Waals surface area contributed by atoms with E-state index >= 15 is 0 Å². The quantitative estimate of drug-likeness (QED) is 0.594. The molecule has 3 N–H and O–H groups in total. The highest BCUT2D eigenvalue weighted by molar-refractivity contribution is 6.83. The summed E-state index contributed by atoms with van der Waals surface area (Å²) in [5.74, 6) is 3.14. The molecule has 0 bridgehead atoms. The van der Waals surface area contributed by atoms with E-state index in [1.807, 2.05) is 12.1 Å². The third-order valence-corrected chi connectivity index (χ3v) is 3.68. The van der Waals surface area contributed by atoms with Crippen molar-refractivity contribution in [2.45, 2.75) is 45.1 Å². The van der Waals surface area contributed by atoms with E-state index in [1.165, 1.54) is 0 Å². The first-order valence-corrected chi connectivity index (χ1v) is 10.3. The lowest BCUT2D eigenvalue weighted by molar-refractivity contribution is 0.0372. The number of aliphatic hydroxyl groups is 1. The Morgan fingerprint density at radius 1 is 1.24 bits per heavy atom. The van der Waals surface area contributed by atoms with Gasteiger partial charge in [-0.25, -0.2) is 4.79 Å². The zero-order chi connectivity index (χ0) is 16.3. The molecule has 0 spiro atoms. The van der Waals surface area contributed by atoms with Gasteiger partial charge in [0.05, 0.1) is 11.6 Å². The Hall–Kier alpha value is -1.77. The zero-order valence-electron chi connectivity index (χ0n) is 13.2. The van der Waals surface area contributed by atoms with Gasteiger partial charge in [0, 0.05) is 5.56 Å². The molecule has 1 atom stereocenters. The van der Waals surface area contributed by atoms with Gasteiger partial charge in [0.25, 0.3) is 0 Å². The summed E-state index contributed by atoms with van der Waals surface area (Å²) in [6, 6.07) is 6.61. The van der Waals surface area contributed by atoms with E-state index in [0.29, 0.717) is 5.56 Å². The van der Waals surface area contributed by atoms with E-state index in [-0.39, 0.29) is 0 Å². The fourth-order valence-corrected chi connectivity index (χ4v) is 2.33. The van der Waals surface area contributed by atoms with Crippen molar-refractivity contribution in [3.8, 4) is 11.5 Å². The molecule has 0 aromatic heterocycles. The molecule has 1 aromatic carbocycles. The van der Waals surface area contributed by atoms with Crippen LogP contribution in [0, 0.1) is 11.5 Å². The molecule has 0 aliphatic heterocycles. The molecule has 0 radical (unpaired) electrons. The van der Waals surface area contributed by atoms with Crippen LogP contribution >= 0.6 is 0 Å². The summed E-state index contributed by atoms with van der Waals surface area (Å²) in [6.45, 7) is 9.68. The van der Waals surface area contributed by atoms with Gasteiger partial charge in [-0.3, -0.25) is 0 Å². The van der Waals surface area contributed by atoms with Gasteiger partial charge in [-0.15, -0.1) is 5.54 Å². The van der Waals surface area contributed by atoms with Gasteiger partial charge in [0.2, 0.25) is 0 Å². The van der Waals surface area contributed by atoms with Crippen LogP contribution in [0.15, 0.2) is 24.3 Å². The van der Waals surface area contributed by atoms with Gasteiger partial charge in [0.15, 0.2) is 0 Å². The average molecular weight is 305 g/mol. The van der Waals surface area contributed by atoms with Crippen molar-refractivity contribution in [1.82, 2.24) is 5.32 Å². The van der Waals surface area contributed by atoms with Crippen molar-refractivity contribution in [2.75, 3.05) is 0 Å². The Morgan fingerprint density at radius 2 is 1.76 bits per heavy atom. The summed E-state index contributed by atoms with van der Waals surface area (Å²) in [5, 5.41) is 21.4. The van der Waals surface area contributed by atoms with Gasteiger partial charge < -0.3 is 15.5 Å². The summed E-state index contributed by atoms with van der Waals surface area (Å²) in [5.41, 5.74) is 3.69. The average Bonchev–Trinajstić information content (AvgIpc) is 2.32. The van der Waals surface area contributed by atoms with Gasteiger partial charge in [-0.2, -0.15) is 0 Å². The van der Waals surface area contributed by atoms with Crippen LogP contribution in [-0.2, 0) is 0 Å². The highest BCUT2D eigenvalue weighted by Gasteiger charge is 2.29. The van der Waals surface area contributed by atoms with Crippen LogP contribution in [-0.4, -0.2) is 30.0 Å². The molecule has 1 rings (SSSR count). The lowest BCUT2D eigenvalue weighted by Crippen LogP contribution is -2.41. The van der Waals surface area contributed by atoms with Gasteiger partial charge >= 0.3 is 6.09 Å². The SMILES string of the molecule is CC(C)(O)C(NC(=O)O)c1ccc(C#C[Si](C)(C)C)cc1. The van der Waals surface area contributed by atoms with E-state index < -0.39 is 25.8 Å². The molecular weight excluding hydrogens is 282 g/mol. The second-order valence-corrected chi connectivity index (χ2v) is 11.4. The van der Waals surface area contributed by atoms with Crippen LogP contribution < -0.4 is 5.32 Å². The van der Waals surface area contributed by atoms with E-state index in [4.69, 9.17) is 5.11 Å². The molecule has 0 fully saturated rings. The molecule has 5 heteroatoms. The van der Waals surface area contributed by atoms with Crippen molar-refractivity contribution in [3.05, 3.63) is 35.4 Å². The van der Waals surface area contributed by atoms with E-state index in [1.54, 1.807) is 26.0 Å². The minimum atomic E-state index is -1.42. The first kappa shape index (κ1) is 17.3. The number of benzene rings is 1. The second-order valence-electron chi connectivity index (χ2n) is 6.66. The fourth-order valence-electron chi connectivity index (χ4n) is 1.81. The first-order valence-electron chi connectivity index (χ1n) is 6.84. The van der Waals surface area contributed by atoms with Crippen LogP contribution in [0.4, 0.5) is 4.79 Å². The predicted molar refractivity (Wildman–Crippen MR) is 86.9 cm³/mol. The Balaban J connectivity index is 3.03. The number of hydrogen-bond donors (Lipinski definition) is 3. The minimum absolute atomic E-state index is 0.686. The molecule has 0 saturated heterocycles. The maximum atomic E-state index is 10.9. The number of nitrogens with one attached hydrogen (secondary N) is 1. The Morgan fingerprint density at radius 3 is 2.14 bits per heavy atom. The Kier molecular flexibility index (Phi) is 5.21. The maximum Gasteiger partial charge on any atom is 0.405 e.